The minimum atomic E-state index is -0.0229. The van der Waals surface area contributed by atoms with E-state index in [4.69, 9.17) is 30.4 Å². The van der Waals surface area contributed by atoms with E-state index in [1.54, 1.807) is 0 Å². The Hall–Kier alpha value is -0.240. The molecule has 2 heterocycles. The Labute approximate surface area is 121 Å². The van der Waals surface area contributed by atoms with Gasteiger partial charge in [-0.05, 0) is 39.8 Å². The highest BCUT2D eigenvalue weighted by molar-refractivity contribution is 4.96. The summed E-state index contributed by atoms with van der Waals surface area (Å²) in [4.78, 5) is 0. The van der Waals surface area contributed by atoms with Crippen molar-refractivity contribution in [2.24, 2.45) is 11.5 Å². The third-order valence-corrected chi connectivity index (χ3v) is 3.92. The second-order valence-electron chi connectivity index (χ2n) is 5.72. The Morgan fingerprint density at radius 2 is 1.30 bits per heavy atom. The molecule has 6 nitrogen and oxygen atoms in total. The Morgan fingerprint density at radius 1 is 0.900 bits per heavy atom. The molecule has 6 atom stereocenters. The van der Waals surface area contributed by atoms with E-state index in [1.807, 2.05) is 13.8 Å². The molecule has 4 N–H and O–H groups in total. The van der Waals surface area contributed by atoms with Crippen molar-refractivity contribution in [1.82, 2.24) is 0 Å². The van der Waals surface area contributed by atoms with E-state index in [-0.39, 0.29) is 36.6 Å². The summed E-state index contributed by atoms with van der Waals surface area (Å²) in [6.45, 7) is 6.46. The van der Waals surface area contributed by atoms with Gasteiger partial charge in [-0.15, -0.1) is 0 Å². The van der Waals surface area contributed by atoms with Gasteiger partial charge >= 0.3 is 0 Å². The molecule has 0 aromatic heterocycles. The zero-order chi connectivity index (χ0) is 14.5. The molecule has 0 spiro atoms. The van der Waals surface area contributed by atoms with Crippen molar-refractivity contribution in [1.29, 1.82) is 0 Å². The van der Waals surface area contributed by atoms with Crippen LogP contribution in [-0.2, 0) is 18.9 Å². The first kappa shape index (κ1) is 16.1. The third-order valence-electron chi connectivity index (χ3n) is 3.92. The van der Waals surface area contributed by atoms with Gasteiger partial charge in [-0.3, -0.25) is 0 Å². The van der Waals surface area contributed by atoms with Crippen LogP contribution in [0.25, 0.3) is 0 Å². The number of fused-ring (bicyclic) bond motifs is 1. The summed E-state index contributed by atoms with van der Waals surface area (Å²) in [5.74, 6) is 0. The van der Waals surface area contributed by atoms with E-state index in [0.29, 0.717) is 26.3 Å². The van der Waals surface area contributed by atoms with Crippen LogP contribution in [0.1, 0.15) is 26.7 Å². The van der Waals surface area contributed by atoms with E-state index in [1.165, 1.54) is 0 Å². The molecule has 4 unspecified atom stereocenters. The molecule has 0 aromatic carbocycles. The van der Waals surface area contributed by atoms with E-state index in [0.717, 1.165) is 12.8 Å². The smallest absolute Gasteiger partial charge is 0.115 e. The number of rotatable bonds is 8. The first-order valence-corrected chi connectivity index (χ1v) is 7.60. The van der Waals surface area contributed by atoms with Gasteiger partial charge in [0.15, 0.2) is 0 Å². The number of nitrogens with two attached hydrogens (primary N) is 2. The van der Waals surface area contributed by atoms with Crippen LogP contribution in [-0.4, -0.2) is 62.9 Å². The second kappa shape index (κ2) is 7.68. The van der Waals surface area contributed by atoms with Gasteiger partial charge < -0.3 is 30.4 Å². The molecular weight excluding hydrogens is 260 g/mol. The highest BCUT2D eigenvalue weighted by Crippen LogP contribution is 2.31. The highest BCUT2D eigenvalue weighted by Gasteiger charge is 2.49. The molecule has 118 valence electrons. The summed E-state index contributed by atoms with van der Waals surface area (Å²) in [6, 6.07) is 0. The first-order valence-electron chi connectivity index (χ1n) is 7.60. The van der Waals surface area contributed by atoms with E-state index in [2.05, 4.69) is 0 Å². The summed E-state index contributed by atoms with van der Waals surface area (Å²) < 4.78 is 23.6. The van der Waals surface area contributed by atoms with Crippen LogP contribution in [0, 0.1) is 0 Å². The van der Waals surface area contributed by atoms with Gasteiger partial charge in [0.2, 0.25) is 0 Å². The maximum Gasteiger partial charge on any atom is 0.115 e. The molecule has 2 aliphatic heterocycles. The van der Waals surface area contributed by atoms with Gasteiger partial charge in [0.1, 0.15) is 24.4 Å². The van der Waals surface area contributed by atoms with E-state index >= 15 is 0 Å². The summed E-state index contributed by atoms with van der Waals surface area (Å²) in [6.07, 6.45) is 1.89. The zero-order valence-electron chi connectivity index (χ0n) is 12.5. The van der Waals surface area contributed by atoms with Crippen molar-refractivity contribution < 1.29 is 18.9 Å². The monoisotopic (exact) mass is 288 g/mol. The molecule has 20 heavy (non-hydrogen) atoms. The molecule has 0 bridgehead atoms. The molecule has 0 saturated carbocycles. The lowest BCUT2D eigenvalue weighted by Crippen LogP contribution is -2.37. The molecular formula is C14H28N2O4. The Balaban J connectivity index is 1.81. The van der Waals surface area contributed by atoms with Gasteiger partial charge in [0.05, 0.1) is 25.4 Å². The van der Waals surface area contributed by atoms with E-state index < -0.39 is 0 Å². The lowest BCUT2D eigenvalue weighted by Gasteiger charge is -2.22. The van der Waals surface area contributed by atoms with Gasteiger partial charge in [-0.1, -0.05) is 0 Å². The maximum absolute atomic E-state index is 5.96. The Bertz CT molecular complexity index is 264. The Morgan fingerprint density at radius 3 is 1.65 bits per heavy atom. The van der Waals surface area contributed by atoms with Crippen LogP contribution in [0.15, 0.2) is 0 Å². The minimum Gasteiger partial charge on any atom is -0.370 e. The van der Waals surface area contributed by atoms with E-state index in [9.17, 15) is 0 Å². The van der Waals surface area contributed by atoms with Crippen molar-refractivity contribution in [2.75, 3.05) is 26.3 Å². The van der Waals surface area contributed by atoms with Crippen molar-refractivity contribution in [3.05, 3.63) is 0 Å². The summed E-state index contributed by atoms with van der Waals surface area (Å²) >= 11 is 0. The molecule has 2 aliphatic rings. The SMILES string of the molecule is CC(CCN)O[C@@H]1COC2C1OC[C@H]2OC(C)CCN. The number of ether oxygens (including phenoxy) is 4. The predicted molar refractivity (Wildman–Crippen MR) is 75.5 cm³/mol. The fourth-order valence-corrected chi connectivity index (χ4v) is 2.86. The Kier molecular flexibility index (Phi) is 6.20. The molecule has 0 aliphatic carbocycles. The molecule has 2 fully saturated rings. The fourth-order valence-electron chi connectivity index (χ4n) is 2.86. The fraction of sp³-hybridized carbons (Fsp3) is 1.00. The number of hydrogen-bond donors (Lipinski definition) is 2. The van der Waals surface area contributed by atoms with Gasteiger partial charge in [0.25, 0.3) is 0 Å². The number of hydrogen-bond acceptors (Lipinski definition) is 6. The van der Waals surface area contributed by atoms with Crippen LogP contribution in [0.3, 0.4) is 0 Å². The standard InChI is InChI=1S/C14H28N2O4/c1-9(3-5-15)19-11-7-17-14-12(8-18-13(11)14)20-10(2)4-6-16/h9-14H,3-8,15-16H2,1-2H3/t9?,10?,11-,12-,13?,14?/m1/s1. The summed E-state index contributed by atoms with van der Waals surface area (Å²) in [5.41, 5.74) is 11.1. The summed E-state index contributed by atoms with van der Waals surface area (Å²) in [7, 11) is 0. The lowest BCUT2D eigenvalue weighted by atomic mass is 10.1. The molecule has 0 radical (unpaired) electrons. The molecule has 0 aromatic rings. The van der Waals surface area contributed by atoms with Gasteiger partial charge in [0, 0.05) is 0 Å². The minimum absolute atomic E-state index is 0.0139. The first-order chi connectivity index (χ1) is 9.65. The molecule has 2 rings (SSSR count). The van der Waals surface area contributed by atoms with Crippen LogP contribution >= 0.6 is 0 Å². The normalized spacial score (nSPS) is 36.0. The lowest BCUT2D eigenvalue weighted by molar-refractivity contribution is -0.0821. The van der Waals surface area contributed by atoms with Crippen molar-refractivity contribution >= 4 is 0 Å². The quantitative estimate of drug-likeness (QED) is 0.655. The van der Waals surface area contributed by atoms with Crippen LogP contribution in [0.2, 0.25) is 0 Å². The van der Waals surface area contributed by atoms with Crippen LogP contribution < -0.4 is 11.5 Å². The van der Waals surface area contributed by atoms with Gasteiger partial charge in [-0.2, -0.15) is 0 Å². The van der Waals surface area contributed by atoms with Gasteiger partial charge in [-0.25, -0.2) is 0 Å². The van der Waals surface area contributed by atoms with Crippen LogP contribution in [0.5, 0.6) is 0 Å². The zero-order valence-corrected chi connectivity index (χ0v) is 12.5. The average molecular weight is 288 g/mol. The molecule has 2 saturated heterocycles. The summed E-state index contributed by atoms with van der Waals surface area (Å²) in [5, 5.41) is 0. The van der Waals surface area contributed by atoms with Crippen molar-refractivity contribution in [3.8, 4) is 0 Å². The topological polar surface area (TPSA) is 89.0 Å². The predicted octanol–water partition coefficient (Wildman–Crippen LogP) is 0.0290. The molecule has 6 heteroatoms. The molecule has 0 amide bonds. The highest BCUT2D eigenvalue weighted by atomic mass is 16.6. The largest absolute Gasteiger partial charge is 0.370 e. The van der Waals surface area contributed by atoms with Crippen molar-refractivity contribution in [3.63, 3.8) is 0 Å². The van der Waals surface area contributed by atoms with Crippen molar-refractivity contribution in [2.45, 2.75) is 63.3 Å². The average Bonchev–Trinajstić information content (AvgIpc) is 2.95. The van der Waals surface area contributed by atoms with Crippen LogP contribution in [0.4, 0.5) is 0 Å². The second-order valence-corrected chi connectivity index (χ2v) is 5.72. The maximum atomic E-state index is 5.96. The third kappa shape index (κ3) is 3.90.